The van der Waals surface area contributed by atoms with Gasteiger partial charge in [0.1, 0.15) is 0 Å². The number of ether oxygens (including phenoxy) is 3. The molecule has 0 amide bonds. The van der Waals surface area contributed by atoms with Gasteiger partial charge in [0.15, 0.2) is 11.5 Å². The average Bonchev–Trinajstić information content (AvgIpc) is 2.63. The molecule has 146 valence electrons. The highest BCUT2D eigenvalue weighted by Crippen LogP contribution is 2.35. The fourth-order valence-electron chi connectivity index (χ4n) is 2.38. The molecule has 2 aromatic rings. The molecule has 2 rings (SSSR count). The number of methoxy groups -OCH3 is 1. The number of esters is 1. The summed E-state index contributed by atoms with van der Waals surface area (Å²) in [5, 5.41) is 0. The number of sulfonamides is 1. The van der Waals surface area contributed by atoms with Gasteiger partial charge in [0.2, 0.25) is 0 Å². The summed E-state index contributed by atoms with van der Waals surface area (Å²) in [5.74, 6) is -0.0350. The Morgan fingerprint density at radius 1 is 1.00 bits per heavy atom. The van der Waals surface area contributed by atoms with Crippen molar-refractivity contribution in [3.63, 3.8) is 0 Å². The van der Waals surface area contributed by atoms with Gasteiger partial charge in [0.05, 0.1) is 36.5 Å². The first-order chi connectivity index (χ1) is 12.8. The number of hydrogen-bond acceptors (Lipinski definition) is 6. The monoisotopic (exact) mass is 393 g/mol. The number of hydrogen-bond donors (Lipinski definition) is 1. The summed E-state index contributed by atoms with van der Waals surface area (Å²) in [7, 11) is -2.69. The molecule has 0 atom stereocenters. The van der Waals surface area contributed by atoms with Crippen LogP contribution >= 0.6 is 0 Å². The maximum absolute atomic E-state index is 12.7. The van der Waals surface area contributed by atoms with E-state index >= 15 is 0 Å². The molecule has 27 heavy (non-hydrogen) atoms. The molecule has 0 aliphatic heterocycles. The number of anilines is 1. The SMILES string of the molecule is CCOc1cc(NS(=O)(=O)c2ccc(C)cc2)c(C(=O)OC)cc1OCC. The summed E-state index contributed by atoms with van der Waals surface area (Å²) in [6.07, 6.45) is 0. The van der Waals surface area contributed by atoms with Gasteiger partial charge in [-0.2, -0.15) is 0 Å². The molecule has 0 bridgehead atoms. The average molecular weight is 393 g/mol. The Balaban J connectivity index is 2.53. The Morgan fingerprint density at radius 3 is 2.07 bits per heavy atom. The lowest BCUT2D eigenvalue weighted by Crippen LogP contribution is -2.16. The minimum atomic E-state index is -3.91. The van der Waals surface area contributed by atoms with Crippen LogP contribution in [-0.4, -0.2) is 34.7 Å². The second kappa shape index (κ2) is 8.77. The molecule has 1 N–H and O–H groups in total. The Bertz CT molecular complexity index is 907. The molecule has 0 saturated heterocycles. The number of nitrogens with one attached hydrogen (secondary N) is 1. The lowest BCUT2D eigenvalue weighted by molar-refractivity contribution is 0.0601. The Hall–Kier alpha value is -2.74. The maximum atomic E-state index is 12.7. The van der Waals surface area contributed by atoms with E-state index in [-0.39, 0.29) is 16.1 Å². The molecule has 0 radical (unpaired) electrons. The first kappa shape index (κ1) is 20.6. The topological polar surface area (TPSA) is 90.9 Å². The van der Waals surface area contributed by atoms with Gasteiger partial charge < -0.3 is 14.2 Å². The van der Waals surface area contributed by atoms with Crippen molar-refractivity contribution in [3.8, 4) is 11.5 Å². The zero-order chi connectivity index (χ0) is 20.0. The van der Waals surface area contributed by atoms with Crippen molar-refractivity contribution >= 4 is 21.7 Å². The highest BCUT2D eigenvalue weighted by atomic mass is 32.2. The van der Waals surface area contributed by atoms with Gasteiger partial charge in [-0.1, -0.05) is 17.7 Å². The van der Waals surface area contributed by atoms with E-state index in [4.69, 9.17) is 14.2 Å². The van der Waals surface area contributed by atoms with E-state index in [9.17, 15) is 13.2 Å². The van der Waals surface area contributed by atoms with Gasteiger partial charge in [0.25, 0.3) is 10.0 Å². The number of rotatable bonds is 8. The molecule has 0 heterocycles. The second-order valence-corrected chi connectivity index (χ2v) is 7.30. The highest BCUT2D eigenvalue weighted by Gasteiger charge is 2.22. The summed E-state index contributed by atoms with van der Waals surface area (Å²) >= 11 is 0. The third-order valence-electron chi connectivity index (χ3n) is 3.66. The molecule has 0 fully saturated rings. The summed E-state index contributed by atoms with van der Waals surface area (Å²) in [6.45, 7) is 6.15. The summed E-state index contributed by atoms with van der Waals surface area (Å²) < 4.78 is 43.7. The molecule has 0 spiro atoms. The highest BCUT2D eigenvalue weighted by molar-refractivity contribution is 7.92. The lowest BCUT2D eigenvalue weighted by atomic mass is 10.1. The Kier molecular flexibility index (Phi) is 6.68. The third kappa shape index (κ3) is 4.91. The van der Waals surface area contributed by atoms with E-state index in [0.717, 1.165) is 5.56 Å². The third-order valence-corrected chi connectivity index (χ3v) is 5.05. The number of carbonyl (C=O) groups excluding carboxylic acids is 1. The van der Waals surface area contributed by atoms with Gasteiger partial charge in [-0.05, 0) is 32.9 Å². The normalized spacial score (nSPS) is 11.0. The van der Waals surface area contributed by atoms with Crippen LogP contribution in [0.3, 0.4) is 0 Å². The summed E-state index contributed by atoms with van der Waals surface area (Å²) in [6, 6.07) is 9.21. The van der Waals surface area contributed by atoms with Crippen LogP contribution in [0.25, 0.3) is 0 Å². The van der Waals surface area contributed by atoms with Crippen molar-refractivity contribution in [1.82, 2.24) is 0 Å². The van der Waals surface area contributed by atoms with Crippen molar-refractivity contribution in [1.29, 1.82) is 0 Å². The number of aryl methyl sites for hydroxylation is 1. The van der Waals surface area contributed by atoms with Crippen LogP contribution in [0.4, 0.5) is 5.69 Å². The van der Waals surface area contributed by atoms with E-state index in [0.29, 0.717) is 24.7 Å². The standard InChI is InChI=1S/C19H23NO6S/c1-5-25-17-11-15(19(21)24-4)16(12-18(17)26-6-2)20-27(22,23)14-9-7-13(3)8-10-14/h7-12,20H,5-6H2,1-4H3. The van der Waals surface area contributed by atoms with E-state index in [2.05, 4.69) is 4.72 Å². The molecular weight excluding hydrogens is 370 g/mol. The van der Waals surface area contributed by atoms with E-state index < -0.39 is 16.0 Å². The Morgan fingerprint density at radius 2 is 1.56 bits per heavy atom. The second-order valence-electron chi connectivity index (χ2n) is 5.62. The van der Waals surface area contributed by atoms with Crippen LogP contribution in [0.5, 0.6) is 11.5 Å². The van der Waals surface area contributed by atoms with E-state index in [1.807, 2.05) is 6.92 Å². The fourth-order valence-corrected chi connectivity index (χ4v) is 3.45. The van der Waals surface area contributed by atoms with Crippen molar-refractivity contribution in [3.05, 3.63) is 47.5 Å². The van der Waals surface area contributed by atoms with Crippen LogP contribution in [0, 0.1) is 6.92 Å². The minimum absolute atomic E-state index is 0.0279. The summed E-state index contributed by atoms with van der Waals surface area (Å²) in [4.78, 5) is 12.3. The van der Waals surface area contributed by atoms with Crippen LogP contribution < -0.4 is 14.2 Å². The molecule has 2 aromatic carbocycles. The van der Waals surface area contributed by atoms with Crippen molar-refractivity contribution in [2.24, 2.45) is 0 Å². The van der Waals surface area contributed by atoms with Crippen molar-refractivity contribution in [2.75, 3.05) is 25.0 Å². The predicted molar refractivity (Wildman–Crippen MR) is 102 cm³/mol. The van der Waals surface area contributed by atoms with Gasteiger partial charge in [-0.3, -0.25) is 4.72 Å². The largest absolute Gasteiger partial charge is 0.490 e. The Labute approximate surface area is 159 Å². The van der Waals surface area contributed by atoms with Crippen LogP contribution in [0.1, 0.15) is 29.8 Å². The van der Waals surface area contributed by atoms with Crippen LogP contribution in [-0.2, 0) is 14.8 Å². The molecular formula is C19H23NO6S. The molecule has 0 aliphatic rings. The summed E-state index contributed by atoms with van der Waals surface area (Å²) in [5.41, 5.74) is 1.01. The maximum Gasteiger partial charge on any atom is 0.340 e. The number of carbonyl (C=O) groups is 1. The van der Waals surface area contributed by atoms with E-state index in [1.165, 1.54) is 31.4 Å². The molecule has 0 aromatic heterocycles. The van der Waals surface area contributed by atoms with Gasteiger partial charge in [-0.25, -0.2) is 13.2 Å². The van der Waals surface area contributed by atoms with Crippen LogP contribution in [0.2, 0.25) is 0 Å². The lowest BCUT2D eigenvalue weighted by Gasteiger charge is -2.17. The number of benzene rings is 2. The fraction of sp³-hybridized carbons (Fsp3) is 0.316. The molecule has 0 aliphatic carbocycles. The van der Waals surface area contributed by atoms with Crippen LogP contribution in [0.15, 0.2) is 41.3 Å². The first-order valence-corrected chi connectivity index (χ1v) is 9.92. The van der Waals surface area contributed by atoms with Gasteiger partial charge >= 0.3 is 5.97 Å². The smallest absolute Gasteiger partial charge is 0.340 e. The quantitative estimate of drug-likeness (QED) is 0.692. The van der Waals surface area contributed by atoms with Crippen molar-refractivity contribution < 1.29 is 27.4 Å². The van der Waals surface area contributed by atoms with Gasteiger partial charge in [0, 0.05) is 12.1 Å². The molecule has 0 saturated carbocycles. The van der Waals surface area contributed by atoms with E-state index in [1.54, 1.807) is 26.0 Å². The molecule has 0 unspecified atom stereocenters. The zero-order valence-corrected chi connectivity index (χ0v) is 16.6. The van der Waals surface area contributed by atoms with Gasteiger partial charge in [-0.15, -0.1) is 0 Å². The molecule has 7 nitrogen and oxygen atoms in total. The zero-order valence-electron chi connectivity index (χ0n) is 15.7. The minimum Gasteiger partial charge on any atom is -0.490 e. The van der Waals surface area contributed by atoms with Crippen molar-refractivity contribution in [2.45, 2.75) is 25.7 Å². The molecule has 8 heteroatoms. The first-order valence-electron chi connectivity index (χ1n) is 8.43. The predicted octanol–water partition coefficient (Wildman–Crippen LogP) is 3.38.